The molecule has 1 rings (SSSR count). The van der Waals surface area contributed by atoms with Crippen LogP contribution in [0.15, 0.2) is 0 Å². The number of rotatable bonds is 3. The quantitative estimate of drug-likeness (QED) is 0.802. The van der Waals surface area contributed by atoms with Crippen molar-refractivity contribution in [2.24, 2.45) is 0 Å². The molecule has 0 unspecified atom stereocenters. The molecule has 15 heavy (non-hydrogen) atoms. The Bertz CT molecular complexity index is 361. The second-order valence-corrected chi connectivity index (χ2v) is 4.80. The van der Waals surface area contributed by atoms with Gasteiger partial charge in [-0.2, -0.15) is 0 Å². The van der Waals surface area contributed by atoms with E-state index in [0.29, 0.717) is 6.42 Å². The Hall–Kier alpha value is -1.32. The molecule has 0 saturated carbocycles. The van der Waals surface area contributed by atoms with Crippen LogP contribution in [-0.2, 0) is 16.6 Å². The zero-order valence-electron chi connectivity index (χ0n) is 9.72. The standard InChI is InChI=1S/C11H18N2O2/c1-7-10(11(2,3)4)13-8(12-7)5-6-9(14)15/h5-6H2,1-4H3,(H,12,13)(H,14,15). The fourth-order valence-electron chi connectivity index (χ4n) is 1.60. The number of carbonyl (C=O) groups is 1. The van der Waals surface area contributed by atoms with Gasteiger partial charge in [0.15, 0.2) is 0 Å². The second kappa shape index (κ2) is 4.04. The molecule has 0 spiro atoms. The summed E-state index contributed by atoms with van der Waals surface area (Å²) in [6.45, 7) is 8.25. The van der Waals surface area contributed by atoms with E-state index in [1.54, 1.807) is 0 Å². The Labute approximate surface area is 89.7 Å². The van der Waals surface area contributed by atoms with Crippen molar-refractivity contribution in [2.75, 3.05) is 0 Å². The van der Waals surface area contributed by atoms with Gasteiger partial charge in [-0.25, -0.2) is 4.98 Å². The average Bonchev–Trinajstić information content (AvgIpc) is 2.42. The monoisotopic (exact) mass is 210 g/mol. The molecule has 0 radical (unpaired) electrons. The van der Waals surface area contributed by atoms with Crippen LogP contribution in [0.5, 0.6) is 0 Å². The van der Waals surface area contributed by atoms with Crippen LogP contribution in [0, 0.1) is 6.92 Å². The van der Waals surface area contributed by atoms with Crippen LogP contribution in [-0.4, -0.2) is 21.0 Å². The molecule has 0 aliphatic heterocycles. The van der Waals surface area contributed by atoms with E-state index in [4.69, 9.17) is 5.11 Å². The molecule has 0 amide bonds. The molecule has 1 heterocycles. The lowest BCUT2D eigenvalue weighted by Gasteiger charge is -2.15. The summed E-state index contributed by atoms with van der Waals surface area (Å²) in [7, 11) is 0. The minimum Gasteiger partial charge on any atom is -0.481 e. The van der Waals surface area contributed by atoms with Gasteiger partial charge in [0.05, 0.1) is 12.1 Å². The summed E-state index contributed by atoms with van der Waals surface area (Å²) in [5, 5.41) is 8.57. The largest absolute Gasteiger partial charge is 0.481 e. The number of nitrogens with one attached hydrogen (secondary N) is 1. The number of nitrogens with zero attached hydrogens (tertiary/aromatic N) is 1. The summed E-state index contributed by atoms with van der Waals surface area (Å²) in [6, 6.07) is 0. The van der Waals surface area contributed by atoms with Crippen molar-refractivity contribution in [3.63, 3.8) is 0 Å². The van der Waals surface area contributed by atoms with E-state index in [0.717, 1.165) is 17.2 Å². The number of carboxylic acid groups (broad SMARTS) is 1. The van der Waals surface area contributed by atoms with Gasteiger partial charge in [0, 0.05) is 17.5 Å². The molecule has 0 aliphatic carbocycles. The van der Waals surface area contributed by atoms with Crippen LogP contribution in [0.3, 0.4) is 0 Å². The van der Waals surface area contributed by atoms with E-state index in [2.05, 4.69) is 30.7 Å². The minimum absolute atomic E-state index is 0.00204. The number of hydrogen-bond donors (Lipinski definition) is 2. The first-order chi connectivity index (χ1) is 6.80. The molecular formula is C11H18N2O2. The third-order valence-corrected chi connectivity index (χ3v) is 2.22. The zero-order valence-corrected chi connectivity index (χ0v) is 9.72. The van der Waals surface area contributed by atoms with Crippen LogP contribution in [0.25, 0.3) is 0 Å². The summed E-state index contributed by atoms with van der Waals surface area (Å²) in [5.41, 5.74) is 2.05. The van der Waals surface area contributed by atoms with Crippen LogP contribution < -0.4 is 0 Å². The van der Waals surface area contributed by atoms with Crippen LogP contribution >= 0.6 is 0 Å². The predicted octanol–water partition coefficient (Wildman–Crippen LogP) is 2.03. The Balaban J connectivity index is 2.82. The Kier molecular flexibility index (Phi) is 3.17. The molecule has 0 saturated heterocycles. The van der Waals surface area contributed by atoms with Crippen LogP contribution in [0.2, 0.25) is 0 Å². The molecule has 4 heteroatoms. The molecule has 0 bridgehead atoms. The van der Waals surface area contributed by atoms with Crippen LogP contribution in [0.1, 0.15) is 44.4 Å². The van der Waals surface area contributed by atoms with Gasteiger partial charge in [-0.1, -0.05) is 20.8 Å². The third-order valence-electron chi connectivity index (χ3n) is 2.22. The highest BCUT2D eigenvalue weighted by Gasteiger charge is 2.20. The van der Waals surface area contributed by atoms with Crippen molar-refractivity contribution < 1.29 is 9.90 Å². The van der Waals surface area contributed by atoms with E-state index in [1.807, 2.05) is 6.92 Å². The Morgan fingerprint density at radius 3 is 2.47 bits per heavy atom. The van der Waals surface area contributed by atoms with Crippen molar-refractivity contribution in [1.29, 1.82) is 0 Å². The van der Waals surface area contributed by atoms with E-state index >= 15 is 0 Å². The number of aryl methyl sites for hydroxylation is 2. The normalized spacial score (nSPS) is 11.7. The van der Waals surface area contributed by atoms with Gasteiger partial charge < -0.3 is 10.1 Å². The molecule has 2 N–H and O–H groups in total. The number of H-pyrrole nitrogens is 1. The fraction of sp³-hybridized carbons (Fsp3) is 0.636. The molecule has 1 aromatic heterocycles. The molecule has 4 nitrogen and oxygen atoms in total. The van der Waals surface area contributed by atoms with Crippen LogP contribution in [0.4, 0.5) is 0 Å². The third kappa shape index (κ3) is 3.08. The molecule has 0 aliphatic rings. The van der Waals surface area contributed by atoms with Gasteiger partial charge in [-0.3, -0.25) is 4.79 Å². The van der Waals surface area contributed by atoms with E-state index in [1.165, 1.54) is 0 Å². The Morgan fingerprint density at radius 2 is 2.07 bits per heavy atom. The number of hydrogen-bond acceptors (Lipinski definition) is 2. The molecule has 1 aromatic rings. The lowest BCUT2D eigenvalue weighted by Crippen LogP contribution is -2.13. The summed E-state index contributed by atoms with van der Waals surface area (Å²) in [4.78, 5) is 18.0. The highest BCUT2D eigenvalue weighted by Crippen LogP contribution is 2.23. The number of aliphatic carboxylic acids is 1. The number of imidazole rings is 1. The molecule has 0 fully saturated rings. The summed E-state index contributed by atoms with van der Waals surface area (Å²) in [6.07, 6.45) is 0.586. The number of carboxylic acids is 1. The fourth-order valence-corrected chi connectivity index (χ4v) is 1.60. The first-order valence-electron chi connectivity index (χ1n) is 5.08. The molecule has 84 valence electrons. The van der Waals surface area contributed by atoms with Gasteiger partial charge in [0.25, 0.3) is 0 Å². The maximum atomic E-state index is 10.4. The molecular weight excluding hydrogens is 192 g/mol. The average molecular weight is 210 g/mol. The van der Waals surface area contributed by atoms with Crippen molar-refractivity contribution in [2.45, 2.75) is 46.0 Å². The van der Waals surface area contributed by atoms with Gasteiger partial charge in [0.1, 0.15) is 5.82 Å². The number of aromatic nitrogens is 2. The van der Waals surface area contributed by atoms with Gasteiger partial charge in [-0.15, -0.1) is 0 Å². The lowest BCUT2D eigenvalue weighted by atomic mass is 9.91. The molecule has 0 aromatic carbocycles. The van der Waals surface area contributed by atoms with Crippen molar-refractivity contribution >= 4 is 5.97 Å². The van der Waals surface area contributed by atoms with Crippen molar-refractivity contribution in [3.05, 3.63) is 17.2 Å². The first-order valence-corrected chi connectivity index (χ1v) is 5.08. The van der Waals surface area contributed by atoms with Gasteiger partial charge in [-0.05, 0) is 6.92 Å². The highest BCUT2D eigenvalue weighted by atomic mass is 16.4. The topological polar surface area (TPSA) is 66.0 Å². The van der Waals surface area contributed by atoms with Crippen molar-refractivity contribution in [3.8, 4) is 0 Å². The first kappa shape index (κ1) is 11.8. The second-order valence-electron chi connectivity index (χ2n) is 4.80. The van der Waals surface area contributed by atoms with E-state index in [9.17, 15) is 4.79 Å². The maximum absolute atomic E-state index is 10.4. The van der Waals surface area contributed by atoms with Gasteiger partial charge in [0.2, 0.25) is 0 Å². The zero-order chi connectivity index (χ0) is 11.6. The lowest BCUT2D eigenvalue weighted by molar-refractivity contribution is -0.137. The highest BCUT2D eigenvalue weighted by molar-refractivity contribution is 5.66. The summed E-state index contributed by atoms with van der Waals surface area (Å²) >= 11 is 0. The van der Waals surface area contributed by atoms with Gasteiger partial charge >= 0.3 is 5.97 Å². The molecule has 0 atom stereocenters. The minimum atomic E-state index is -0.790. The summed E-state index contributed by atoms with van der Waals surface area (Å²) in [5.74, 6) is -0.0267. The smallest absolute Gasteiger partial charge is 0.303 e. The Morgan fingerprint density at radius 1 is 1.47 bits per heavy atom. The predicted molar refractivity (Wildman–Crippen MR) is 58.0 cm³/mol. The van der Waals surface area contributed by atoms with E-state index in [-0.39, 0.29) is 11.8 Å². The number of aromatic amines is 1. The van der Waals surface area contributed by atoms with E-state index < -0.39 is 5.97 Å². The SMILES string of the molecule is Cc1[nH]c(CCC(=O)O)nc1C(C)(C)C. The maximum Gasteiger partial charge on any atom is 0.303 e. The van der Waals surface area contributed by atoms with Crippen molar-refractivity contribution in [1.82, 2.24) is 9.97 Å². The summed E-state index contributed by atoms with van der Waals surface area (Å²) < 4.78 is 0.